The van der Waals surface area contributed by atoms with Crippen LogP contribution in [-0.4, -0.2) is 29.0 Å². The Bertz CT molecular complexity index is 388. The summed E-state index contributed by atoms with van der Waals surface area (Å²) in [6.07, 6.45) is 2.64. The van der Waals surface area contributed by atoms with Gasteiger partial charge in [-0.25, -0.2) is 0 Å². The van der Waals surface area contributed by atoms with E-state index in [-0.39, 0.29) is 11.8 Å². The number of carbonyl (C=O) groups is 1. The first kappa shape index (κ1) is 9.78. The number of ether oxygens (including phenoxy) is 1. The first-order valence-electron chi connectivity index (χ1n) is 5.64. The fourth-order valence-electron chi connectivity index (χ4n) is 2.34. The molecule has 0 aliphatic carbocycles. The van der Waals surface area contributed by atoms with E-state index in [1.54, 1.807) is 6.20 Å². The third-order valence-electron chi connectivity index (χ3n) is 3.28. The van der Waals surface area contributed by atoms with Crippen molar-refractivity contribution in [2.24, 2.45) is 5.92 Å². The molecule has 0 saturated carbocycles. The molecule has 1 aromatic rings. The lowest BCUT2D eigenvalue weighted by Crippen LogP contribution is -2.32. The van der Waals surface area contributed by atoms with E-state index in [1.165, 1.54) is 5.56 Å². The standard InChI is InChI=1S/C12H14N2O2/c15-12(10-3-5-16-8-10)14-6-9-2-1-4-13-11(9)7-14/h1-2,4,10H,3,5-8H2. The smallest absolute Gasteiger partial charge is 0.228 e. The van der Waals surface area contributed by atoms with Crippen molar-refractivity contribution in [2.75, 3.05) is 13.2 Å². The van der Waals surface area contributed by atoms with Crippen LogP contribution in [-0.2, 0) is 22.6 Å². The molecular formula is C12H14N2O2. The van der Waals surface area contributed by atoms with Gasteiger partial charge in [0.1, 0.15) is 0 Å². The molecule has 0 aromatic carbocycles. The third kappa shape index (κ3) is 1.59. The van der Waals surface area contributed by atoms with Crippen LogP contribution >= 0.6 is 0 Å². The predicted molar refractivity (Wildman–Crippen MR) is 57.4 cm³/mol. The summed E-state index contributed by atoms with van der Waals surface area (Å²) in [5.74, 6) is 0.282. The number of carbonyl (C=O) groups excluding carboxylic acids is 1. The summed E-state index contributed by atoms with van der Waals surface area (Å²) in [6.45, 7) is 2.67. The molecule has 1 aromatic heterocycles. The quantitative estimate of drug-likeness (QED) is 0.705. The zero-order chi connectivity index (χ0) is 11.0. The number of hydrogen-bond donors (Lipinski definition) is 0. The van der Waals surface area contributed by atoms with Crippen LogP contribution in [0.5, 0.6) is 0 Å². The molecule has 2 aliphatic heterocycles. The summed E-state index contributed by atoms with van der Waals surface area (Å²) < 4.78 is 5.25. The topological polar surface area (TPSA) is 42.4 Å². The lowest BCUT2D eigenvalue weighted by Gasteiger charge is -2.18. The summed E-state index contributed by atoms with van der Waals surface area (Å²) in [5.41, 5.74) is 2.21. The Hall–Kier alpha value is -1.42. The van der Waals surface area contributed by atoms with Gasteiger partial charge >= 0.3 is 0 Å². The molecule has 4 heteroatoms. The largest absolute Gasteiger partial charge is 0.381 e. The van der Waals surface area contributed by atoms with E-state index >= 15 is 0 Å². The van der Waals surface area contributed by atoms with Crippen molar-refractivity contribution in [3.8, 4) is 0 Å². The fourth-order valence-corrected chi connectivity index (χ4v) is 2.34. The highest BCUT2D eigenvalue weighted by molar-refractivity contribution is 5.79. The van der Waals surface area contributed by atoms with Crippen LogP contribution in [0.4, 0.5) is 0 Å². The number of pyridine rings is 1. The van der Waals surface area contributed by atoms with E-state index in [0.29, 0.717) is 19.7 Å². The lowest BCUT2D eigenvalue weighted by molar-refractivity contribution is -0.136. The van der Waals surface area contributed by atoms with Gasteiger partial charge in [0.15, 0.2) is 0 Å². The monoisotopic (exact) mass is 218 g/mol. The second-order valence-electron chi connectivity index (χ2n) is 4.36. The highest BCUT2D eigenvalue weighted by Gasteiger charge is 2.31. The molecule has 3 heterocycles. The van der Waals surface area contributed by atoms with Gasteiger partial charge in [-0.3, -0.25) is 9.78 Å². The van der Waals surface area contributed by atoms with Gasteiger partial charge in [0.2, 0.25) is 5.91 Å². The summed E-state index contributed by atoms with van der Waals surface area (Å²) in [4.78, 5) is 18.3. The van der Waals surface area contributed by atoms with Crippen LogP contribution in [0.15, 0.2) is 18.3 Å². The maximum absolute atomic E-state index is 12.1. The van der Waals surface area contributed by atoms with Gasteiger partial charge in [-0.15, -0.1) is 0 Å². The average molecular weight is 218 g/mol. The van der Waals surface area contributed by atoms with Crippen LogP contribution in [0, 0.1) is 5.92 Å². The number of aromatic nitrogens is 1. The molecule has 2 aliphatic rings. The van der Waals surface area contributed by atoms with Gasteiger partial charge in [-0.2, -0.15) is 0 Å². The Morgan fingerprint density at radius 2 is 2.44 bits per heavy atom. The van der Waals surface area contributed by atoms with Crippen molar-refractivity contribution >= 4 is 5.91 Å². The first-order valence-corrected chi connectivity index (χ1v) is 5.64. The predicted octanol–water partition coefficient (Wildman–Crippen LogP) is 0.960. The Morgan fingerprint density at radius 1 is 1.50 bits per heavy atom. The van der Waals surface area contributed by atoms with Crippen LogP contribution in [0.3, 0.4) is 0 Å². The van der Waals surface area contributed by atoms with Gasteiger partial charge in [0, 0.05) is 19.3 Å². The molecule has 1 fully saturated rings. The van der Waals surface area contributed by atoms with E-state index in [4.69, 9.17) is 4.74 Å². The van der Waals surface area contributed by atoms with Crippen molar-refractivity contribution < 1.29 is 9.53 Å². The van der Waals surface area contributed by atoms with Crippen LogP contribution < -0.4 is 0 Å². The Balaban J connectivity index is 1.73. The summed E-state index contributed by atoms with van der Waals surface area (Å²) in [5, 5.41) is 0. The number of hydrogen-bond acceptors (Lipinski definition) is 3. The molecule has 1 unspecified atom stereocenters. The molecule has 3 rings (SSSR count). The second-order valence-corrected chi connectivity index (χ2v) is 4.36. The van der Waals surface area contributed by atoms with Gasteiger partial charge in [0.25, 0.3) is 0 Å². The normalized spacial score (nSPS) is 23.5. The molecule has 0 N–H and O–H groups in total. The molecular weight excluding hydrogens is 204 g/mol. The molecule has 84 valence electrons. The molecule has 1 saturated heterocycles. The zero-order valence-corrected chi connectivity index (χ0v) is 9.06. The third-order valence-corrected chi connectivity index (χ3v) is 3.28. The molecule has 1 amide bonds. The SMILES string of the molecule is O=C(C1CCOC1)N1Cc2cccnc2C1. The zero-order valence-electron chi connectivity index (χ0n) is 9.06. The minimum atomic E-state index is 0.0642. The van der Waals surface area contributed by atoms with Gasteiger partial charge in [-0.05, 0) is 18.1 Å². The minimum Gasteiger partial charge on any atom is -0.381 e. The number of amides is 1. The van der Waals surface area contributed by atoms with Gasteiger partial charge < -0.3 is 9.64 Å². The molecule has 0 bridgehead atoms. The fraction of sp³-hybridized carbons (Fsp3) is 0.500. The van der Waals surface area contributed by atoms with Crippen molar-refractivity contribution in [1.29, 1.82) is 0 Å². The Morgan fingerprint density at radius 3 is 3.19 bits per heavy atom. The number of rotatable bonds is 1. The Labute approximate surface area is 94.2 Å². The average Bonchev–Trinajstić information content (AvgIpc) is 2.97. The lowest BCUT2D eigenvalue weighted by atomic mass is 10.1. The van der Waals surface area contributed by atoms with Gasteiger partial charge in [-0.1, -0.05) is 6.07 Å². The molecule has 4 nitrogen and oxygen atoms in total. The maximum atomic E-state index is 12.1. The maximum Gasteiger partial charge on any atom is 0.228 e. The second kappa shape index (κ2) is 3.87. The summed E-state index contributed by atoms with van der Waals surface area (Å²) >= 11 is 0. The van der Waals surface area contributed by atoms with Crippen LogP contribution in [0.1, 0.15) is 17.7 Å². The highest BCUT2D eigenvalue weighted by atomic mass is 16.5. The molecule has 0 radical (unpaired) electrons. The van der Waals surface area contributed by atoms with Crippen molar-refractivity contribution in [1.82, 2.24) is 9.88 Å². The van der Waals surface area contributed by atoms with E-state index in [1.807, 2.05) is 17.0 Å². The van der Waals surface area contributed by atoms with Crippen LogP contribution in [0.2, 0.25) is 0 Å². The van der Waals surface area contributed by atoms with E-state index < -0.39 is 0 Å². The molecule has 16 heavy (non-hydrogen) atoms. The number of nitrogens with zero attached hydrogens (tertiary/aromatic N) is 2. The van der Waals surface area contributed by atoms with Crippen molar-refractivity contribution in [3.05, 3.63) is 29.6 Å². The van der Waals surface area contributed by atoms with E-state index in [0.717, 1.165) is 18.7 Å². The van der Waals surface area contributed by atoms with Crippen molar-refractivity contribution in [3.63, 3.8) is 0 Å². The van der Waals surface area contributed by atoms with Crippen LogP contribution in [0.25, 0.3) is 0 Å². The summed E-state index contributed by atoms with van der Waals surface area (Å²) in [7, 11) is 0. The Kier molecular flexibility index (Phi) is 2.36. The highest BCUT2D eigenvalue weighted by Crippen LogP contribution is 2.24. The molecule has 0 spiro atoms. The van der Waals surface area contributed by atoms with E-state index in [9.17, 15) is 4.79 Å². The number of fused-ring (bicyclic) bond motifs is 1. The summed E-state index contributed by atoms with van der Waals surface area (Å²) in [6, 6.07) is 3.96. The van der Waals surface area contributed by atoms with Crippen molar-refractivity contribution in [2.45, 2.75) is 19.5 Å². The van der Waals surface area contributed by atoms with Gasteiger partial charge in [0.05, 0.1) is 24.8 Å². The minimum absolute atomic E-state index is 0.0642. The van der Waals surface area contributed by atoms with E-state index in [2.05, 4.69) is 4.98 Å². The molecule has 1 atom stereocenters. The first-order chi connectivity index (χ1) is 7.84.